The fourth-order valence-corrected chi connectivity index (χ4v) is 3.64. The molecule has 0 spiro atoms. The summed E-state index contributed by atoms with van der Waals surface area (Å²) in [5, 5.41) is 7.00. The zero-order valence-corrected chi connectivity index (χ0v) is 21.5. The Morgan fingerprint density at radius 1 is 1.11 bits per heavy atom. The van der Waals surface area contributed by atoms with Crippen LogP contribution in [0.15, 0.2) is 69.9 Å². The maximum Gasteiger partial charge on any atom is -0.00956 e. The molecule has 1 atom stereocenters. The van der Waals surface area contributed by atoms with Gasteiger partial charge in [0.05, 0.1) is 0 Å². The van der Waals surface area contributed by atoms with E-state index in [1.165, 1.54) is 38.6 Å². The van der Waals surface area contributed by atoms with Crippen LogP contribution in [0.3, 0.4) is 0 Å². The van der Waals surface area contributed by atoms with Gasteiger partial charge in [0.25, 0.3) is 0 Å². The van der Waals surface area contributed by atoms with Gasteiger partial charge in [-0.1, -0.05) is 44.4 Å². The van der Waals surface area contributed by atoms with Gasteiger partial charge in [0.2, 0.25) is 0 Å². The largest absolute Gasteiger partial charge is 0.153 e. The van der Waals surface area contributed by atoms with E-state index in [0.29, 0.717) is 5.92 Å². The van der Waals surface area contributed by atoms with Gasteiger partial charge in [0.1, 0.15) is 0 Å². The average Bonchev–Trinajstić information content (AvgIpc) is 3.33. The molecule has 27 heavy (non-hydrogen) atoms. The minimum Gasteiger partial charge on any atom is -0.153 e. The van der Waals surface area contributed by atoms with E-state index in [9.17, 15) is 0 Å². The molecule has 0 bridgehead atoms. The van der Waals surface area contributed by atoms with Crippen LogP contribution in [-0.2, 0) is 23.3 Å². The maximum absolute atomic E-state index is 3.36. The first-order valence-corrected chi connectivity index (χ1v) is 16.4. The molecule has 0 radical (unpaired) electrons. The van der Waals surface area contributed by atoms with Crippen molar-refractivity contribution in [1.82, 2.24) is 0 Å². The smallest absolute Gasteiger partial charge is 0.00956 e. The van der Waals surface area contributed by atoms with E-state index in [-0.39, 0.29) is 5.43 Å². The van der Waals surface area contributed by atoms with Crippen molar-refractivity contribution in [3.63, 3.8) is 0 Å². The molecule has 1 heterocycles. The first kappa shape index (κ1) is 22.4. The molecule has 4 rings (SSSR count). The normalized spacial score (nSPS) is 15.7. The van der Waals surface area contributed by atoms with Crippen LogP contribution in [0, 0.1) is 12.0 Å². The van der Waals surface area contributed by atoms with Crippen LogP contribution >= 0.6 is 11.3 Å². The van der Waals surface area contributed by atoms with E-state index in [0.717, 1.165) is 0 Å². The molecule has 1 aromatic heterocycles. The van der Waals surface area contributed by atoms with Crippen molar-refractivity contribution in [3.05, 3.63) is 76.0 Å². The summed E-state index contributed by atoms with van der Waals surface area (Å²) < 4.78 is 0. The number of hydrogen-bond donors (Lipinski definition) is 0. The minimum atomic E-state index is 0.210. The van der Waals surface area contributed by atoms with E-state index in [1.807, 2.05) is 0 Å². The molecule has 1 aliphatic rings. The molecule has 3 heteroatoms. The minimum absolute atomic E-state index is 0.210. The molecule has 1 aliphatic carbocycles. The topological polar surface area (TPSA) is 0 Å². The molecule has 0 saturated heterocycles. The van der Waals surface area contributed by atoms with Crippen molar-refractivity contribution in [3.8, 4) is 11.1 Å². The van der Waals surface area contributed by atoms with Gasteiger partial charge in [0, 0.05) is 0 Å². The molecule has 1 unspecified atom stereocenters. The van der Waals surface area contributed by atoms with Crippen LogP contribution in [0.1, 0.15) is 27.7 Å². The van der Waals surface area contributed by atoms with E-state index >= 15 is 0 Å². The Balaban J connectivity index is 0.000000174. The summed E-state index contributed by atoms with van der Waals surface area (Å²) in [6.45, 7) is 13.3. The third-order valence-electron chi connectivity index (χ3n) is 4.75. The second kappa shape index (κ2) is 10.6. The Morgan fingerprint density at radius 3 is 2.26 bits per heavy atom. The molecule has 0 saturated carbocycles. The zero-order valence-electron chi connectivity index (χ0n) is 17.2. The van der Waals surface area contributed by atoms with Crippen LogP contribution in [0.2, 0.25) is 13.1 Å². The number of fused-ring (bicyclic) bond motifs is 1. The third kappa shape index (κ3) is 6.31. The first-order chi connectivity index (χ1) is 12.8. The number of allylic oxidation sites excluding steroid dienone is 4. The molecule has 0 nitrogen and oxygen atoms in total. The second-order valence-electron chi connectivity index (χ2n) is 7.15. The van der Waals surface area contributed by atoms with Gasteiger partial charge in [0.15, 0.2) is 0 Å². The van der Waals surface area contributed by atoms with E-state index in [2.05, 4.69) is 100 Å². The van der Waals surface area contributed by atoms with E-state index in [4.69, 9.17) is 0 Å². The SMILES string of the molecule is CC1=[C-]C(C)C(C)=C1C.C[Si](C)=[Zr+2].c1ccc2c(-c3ccsc3)c[cH-]c2c1. The summed E-state index contributed by atoms with van der Waals surface area (Å²) in [5.41, 5.74) is 7.13. The van der Waals surface area contributed by atoms with Gasteiger partial charge in [-0.3, -0.25) is 6.08 Å². The molecular weight excluding hydrogens is 440 g/mol. The number of thiophene rings is 1. The van der Waals surface area contributed by atoms with Gasteiger partial charge < -0.3 is 0 Å². The van der Waals surface area contributed by atoms with Crippen molar-refractivity contribution in [2.45, 2.75) is 40.8 Å². The third-order valence-corrected chi connectivity index (χ3v) is 5.43. The van der Waals surface area contributed by atoms with Gasteiger partial charge in [-0.05, 0) is 10.8 Å². The second-order valence-corrected chi connectivity index (χ2v) is 17.3. The average molecular weight is 468 g/mol. The van der Waals surface area contributed by atoms with Crippen LogP contribution < -0.4 is 0 Å². The number of benzene rings is 1. The molecule has 2 aromatic carbocycles. The fraction of sp³-hybridized carbons (Fsp3) is 0.292. The predicted molar refractivity (Wildman–Crippen MR) is 120 cm³/mol. The molecule has 0 aliphatic heterocycles. The number of hydrogen-bond acceptors (Lipinski definition) is 1. The predicted octanol–water partition coefficient (Wildman–Crippen LogP) is 7.79. The monoisotopic (exact) mass is 466 g/mol. The Labute approximate surface area is 183 Å². The van der Waals surface area contributed by atoms with E-state index < -0.39 is 0 Å². The Morgan fingerprint density at radius 2 is 1.78 bits per heavy atom. The standard InChI is InChI=1S/C13H9S.C9H13.C2H6Si.Zr/c1-2-4-12-10(3-1)5-6-13(12)11-7-8-14-9-11;1-6-5-7(2)9(4)8(6)3;1-3-2;/h1-9H;6H,1-4H3;1-2H3;/q2*-1;;+2. The van der Waals surface area contributed by atoms with Crippen LogP contribution in [-0.4, -0.2) is 5.43 Å². The van der Waals surface area contributed by atoms with Crippen LogP contribution in [0.4, 0.5) is 0 Å². The van der Waals surface area contributed by atoms with Crippen molar-refractivity contribution in [2.24, 2.45) is 5.92 Å². The summed E-state index contributed by atoms with van der Waals surface area (Å²) in [4.78, 5) is 0. The van der Waals surface area contributed by atoms with Crippen molar-refractivity contribution in [1.29, 1.82) is 0 Å². The van der Waals surface area contributed by atoms with Gasteiger partial charge in [-0.25, -0.2) is 5.57 Å². The van der Waals surface area contributed by atoms with Gasteiger partial charge in [-0.2, -0.15) is 22.5 Å². The molecule has 0 N–H and O–H groups in total. The quantitative estimate of drug-likeness (QED) is 0.253. The van der Waals surface area contributed by atoms with Crippen molar-refractivity contribution in [2.75, 3.05) is 0 Å². The Kier molecular flexibility index (Phi) is 8.79. The molecule has 3 aromatic rings. The first-order valence-electron chi connectivity index (χ1n) is 9.27. The summed E-state index contributed by atoms with van der Waals surface area (Å²) >= 11 is 3.48. The molecule has 0 amide bonds. The van der Waals surface area contributed by atoms with E-state index in [1.54, 1.807) is 34.7 Å². The summed E-state index contributed by atoms with van der Waals surface area (Å²) in [7, 11) is 0. The molecular formula is C24H28SSiZr. The van der Waals surface area contributed by atoms with Crippen molar-refractivity contribution >= 4 is 27.5 Å². The fourth-order valence-electron chi connectivity index (χ4n) is 2.98. The summed E-state index contributed by atoms with van der Waals surface area (Å²) in [6, 6.07) is 15.1. The van der Waals surface area contributed by atoms with Crippen molar-refractivity contribution < 1.29 is 23.3 Å². The van der Waals surface area contributed by atoms with Gasteiger partial charge in [-0.15, -0.1) is 53.6 Å². The van der Waals surface area contributed by atoms with Crippen LogP contribution in [0.5, 0.6) is 0 Å². The molecule has 138 valence electrons. The Bertz CT molecular complexity index is 953. The zero-order chi connectivity index (χ0) is 20.0. The maximum atomic E-state index is 3.36. The summed E-state index contributed by atoms with van der Waals surface area (Å²) in [5.74, 6) is 0.560. The Hall–Kier alpha value is -0.890. The molecule has 0 fully saturated rings. The summed E-state index contributed by atoms with van der Waals surface area (Å²) in [6.07, 6.45) is 3.36. The number of rotatable bonds is 1. The van der Waals surface area contributed by atoms with Gasteiger partial charge >= 0.3 is 41.9 Å². The van der Waals surface area contributed by atoms with Crippen LogP contribution in [0.25, 0.3) is 21.9 Å².